The van der Waals surface area contributed by atoms with E-state index in [0.29, 0.717) is 0 Å². The molecule has 1 amide bonds. The van der Waals surface area contributed by atoms with Gasteiger partial charge >= 0.3 is 12.1 Å². The maximum atomic E-state index is 11.7. The van der Waals surface area contributed by atoms with Crippen molar-refractivity contribution in [2.24, 2.45) is 0 Å². The average molecular weight is 293 g/mol. The number of nitrogens with one attached hydrogen (secondary N) is 3. The van der Waals surface area contributed by atoms with Crippen LogP contribution in [0.2, 0.25) is 0 Å². The lowest BCUT2D eigenvalue weighted by molar-refractivity contribution is -0.137. The summed E-state index contributed by atoms with van der Waals surface area (Å²) in [5, 5.41) is 9.99. The lowest BCUT2D eigenvalue weighted by atomic mass is 10.5. The second kappa shape index (κ2) is 6.51. The van der Waals surface area contributed by atoms with E-state index >= 15 is 0 Å². The van der Waals surface area contributed by atoms with Crippen LogP contribution in [0.15, 0.2) is 0 Å². The minimum absolute atomic E-state index is 0.726. The van der Waals surface area contributed by atoms with Gasteiger partial charge in [-0.15, -0.1) is 0 Å². The van der Waals surface area contributed by atoms with Gasteiger partial charge in [0.05, 0.1) is 6.54 Å². The van der Waals surface area contributed by atoms with Gasteiger partial charge in [-0.1, -0.05) is 0 Å². The van der Waals surface area contributed by atoms with Gasteiger partial charge in [-0.2, -0.15) is 31.0 Å². The first-order valence-electron chi connectivity index (χ1n) is 4.31. The fourth-order valence-electron chi connectivity index (χ4n) is 0.625. The molecule has 0 heterocycles. The summed E-state index contributed by atoms with van der Waals surface area (Å²) in [6.07, 6.45) is -4.72. The third-order valence-electron chi connectivity index (χ3n) is 1.32. The first-order chi connectivity index (χ1) is 8.02. The number of carboxylic acids is 1. The molecule has 0 aliphatic rings. The van der Waals surface area contributed by atoms with Gasteiger partial charge in [-0.3, -0.25) is 9.59 Å². The number of halogens is 3. The molecule has 0 atom stereocenters. The first-order valence-corrected chi connectivity index (χ1v) is 5.79. The summed E-state index contributed by atoms with van der Waals surface area (Å²) in [6.45, 7) is -3.38. The zero-order chi connectivity index (χ0) is 14.4. The molecular weight excluding hydrogens is 283 g/mol. The minimum Gasteiger partial charge on any atom is -0.480 e. The summed E-state index contributed by atoms with van der Waals surface area (Å²) in [7, 11) is -4.48. The molecule has 0 aromatic rings. The second-order valence-corrected chi connectivity index (χ2v) is 4.52. The van der Waals surface area contributed by atoms with Crippen molar-refractivity contribution in [2.75, 3.05) is 19.6 Å². The molecule has 12 heteroatoms. The molecule has 0 rings (SSSR count). The Kier molecular flexibility index (Phi) is 6.00. The third kappa shape index (κ3) is 9.80. The van der Waals surface area contributed by atoms with E-state index in [9.17, 15) is 31.2 Å². The van der Waals surface area contributed by atoms with Crippen LogP contribution in [0.1, 0.15) is 0 Å². The number of hydrogen-bond acceptors (Lipinski definition) is 4. The molecule has 4 N–H and O–H groups in total. The van der Waals surface area contributed by atoms with Crippen LogP contribution in [0.4, 0.5) is 13.2 Å². The second-order valence-electron chi connectivity index (χ2n) is 2.93. The van der Waals surface area contributed by atoms with Crippen molar-refractivity contribution in [2.45, 2.75) is 6.18 Å². The number of hydrogen-bond donors (Lipinski definition) is 4. The van der Waals surface area contributed by atoms with Gasteiger partial charge in [0.25, 0.3) is 10.2 Å². The Morgan fingerprint density at radius 2 is 1.67 bits per heavy atom. The lowest BCUT2D eigenvalue weighted by Crippen LogP contribution is -2.45. The SMILES string of the molecule is O=C(O)CNC(=O)CNS(=O)(=O)NCC(F)(F)F. The average Bonchev–Trinajstić information content (AvgIpc) is 2.20. The van der Waals surface area contributed by atoms with Crippen LogP contribution in [0.3, 0.4) is 0 Å². The predicted octanol–water partition coefficient (Wildman–Crippen LogP) is -1.83. The van der Waals surface area contributed by atoms with Crippen LogP contribution >= 0.6 is 0 Å². The minimum atomic E-state index is -4.72. The van der Waals surface area contributed by atoms with E-state index in [2.05, 4.69) is 0 Å². The summed E-state index contributed by atoms with van der Waals surface area (Å²) in [4.78, 5) is 20.9. The molecule has 0 bridgehead atoms. The van der Waals surface area contributed by atoms with Crippen molar-refractivity contribution < 1.29 is 36.3 Å². The monoisotopic (exact) mass is 293 g/mol. The highest BCUT2D eigenvalue weighted by Gasteiger charge is 2.29. The van der Waals surface area contributed by atoms with Gasteiger partial charge in [0.15, 0.2) is 0 Å². The topological polar surface area (TPSA) is 125 Å². The molecule has 0 aliphatic carbocycles. The molecule has 0 fully saturated rings. The predicted molar refractivity (Wildman–Crippen MR) is 51.6 cm³/mol. The first kappa shape index (κ1) is 16.6. The Morgan fingerprint density at radius 3 is 2.11 bits per heavy atom. The van der Waals surface area contributed by atoms with E-state index in [1.807, 2.05) is 5.32 Å². The summed E-state index contributed by atoms with van der Waals surface area (Å²) < 4.78 is 59.6. The van der Waals surface area contributed by atoms with Crippen molar-refractivity contribution in [1.82, 2.24) is 14.8 Å². The lowest BCUT2D eigenvalue weighted by Gasteiger charge is -2.09. The molecule has 0 saturated heterocycles. The molecule has 18 heavy (non-hydrogen) atoms. The molecule has 8 nitrogen and oxygen atoms in total. The standard InChI is InChI=1S/C6H10F3N3O5S/c7-6(8,9)3-12-18(16,17)11-1-4(13)10-2-5(14)15/h11-12H,1-3H2,(H,10,13)(H,14,15). The fraction of sp³-hybridized carbons (Fsp3) is 0.667. The van der Waals surface area contributed by atoms with Crippen molar-refractivity contribution in [3.63, 3.8) is 0 Å². The van der Waals surface area contributed by atoms with E-state index in [4.69, 9.17) is 5.11 Å². The summed E-state index contributed by atoms with van der Waals surface area (Å²) in [5.41, 5.74) is 0. The Hall–Kier alpha value is -1.40. The van der Waals surface area contributed by atoms with Crippen molar-refractivity contribution in [3.05, 3.63) is 0 Å². The summed E-state index contributed by atoms with van der Waals surface area (Å²) >= 11 is 0. The van der Waals surface area contributed by atoms with Crippen LogP contribution in [0.5, 0.6) is 0 Å². The highest BCUT2D eigenvalue weighted by atomic mass is 32.2. The third-order valence-corrected chi connectivity index (χ3v) is 2.37. The van der Waals surface area contributed by atoms with E-state index in [1.54, 1.807) is 0 Å². The summed E-state index contributed by atoms with van der Waals surface area (Å²) in [5.74, 6) is -2.34. The number of carbonyl (C=O) groups excluding carboxylic acids is 1. The van der Waals surface area contributed by atoms with Gasteiger partial charge in [-0.05, 0) is 0 Å². The van der Waals surface area contributed by atoms with Gasteiger partial charge in [-0.25, -0.2) is 0 Å². The molecule has 0 aromatic heterocycles. The Bertz CT molecular complexity index is 407. The Morgan fingerprint density at radius 1 is 1.11 bits per heavy atom. The molecule has 0 aliphatic heterocycles. The summed E-state index contributed by atoms with van der Waals surface area (Å²) in [6, 6.07) is 0. The van der Waals surface area contributed by atoms with Gasteiger partial charge in [0.2, 0.25) is 5.91 Å². The normalized spacial score (nSPS) is 12.2. The van der Waals surface area contributed by atoms with Crippen LogP contribution in [-0.4, -0.2) is 51.2 Å². The van der Waals surface area contributed by atoms with Crippen molar-refractivity contribution in [3.8, 4) is 0 Å². The number of rotatable bonds is 7. The van der Waals surface area contributed by atoms with Gasteiger partial charge in [0.1, 0.15) is 13.1 Å². The number of carboxylic acid groups (broad SMARTS) is 1. The van der Waals surface area contributed by atoms with Crippen molar-refractivity contribution >= 4 is 22.1 Å². The molecule has 0 unspecified atom stereocenters. The smallest absolute Gasteiger partial charge is 0.402 e. The zero-order valence-corrected chi connectivity index (χ0v) is 9.56. The van der Waals surface area contributed by atoms with E-state index in [-0.39, 0.29) is 0 Å². The van der Waals surface area contributed by atoms with Crippen LogP contribution < -0.4 is 14.8 Å². The van der Waals surface area contributed by atoms with Crippen LogP contribution in [0.25, 0.3) is 0 Å². The largest absolute Gasteiger partial charge is 0.480 e. The molecule has 0 saturated carbocycles. The number of aliphatic carboxylic acids is 1. The maximum Gasteiger partial charge on any atom is 0.402 e. The molecular formula is C6H10F3N3O5S. The van der Waals surface area contributed by atoms with Crippen LogP contribution in [0, 0.1) is 0 Å². The number of alkyl halides is 3. The zero-order valence-electron chi connectivity index (χ0n) is 8.74. The molecule has 0 radical (unpaired) electrons. The van der Waals surface area contributed by atoms with Gasteiger partial charge < -0.3 is 10.4 Å². The van der Waals surface area contributed by atoms with E-state index < -0.39 is 47.9 Å². The van der Waals surface area contributed by atoms with Gasteiger partial charge in [0, 0.05) is 0 Å². The molecule has 106 valence electrons. The van der Waals surface area contributed by atoms with E-state index in [1.165, 1.54) is 4.72 Å². The highest BCUT2D eigenvalue weighted by Crippen LogP contribution is 2.12. The van der Waals surface area contributed by atoms with E-state index in [0.717, 1.165) is 4.72 Å². The molecule has 0 aromatic carbocycles. The van der Waals surface area contributed by atoms with Crippen LogP contribution in [-0.2, 0) is 19.8 Å². The Balaban J connectivity index is 4.04. The fourth-order valence-corrected chi connectivity index (χ4v) is 1.40. The number of carbonyl (C=O) groups is 2. The quantitative estimate of drug-likeness (QED) is 0.439. The maximum absolute atomic E-state index is 11.7. The van der Waals surface area contributed by atoms with Crippen molar-refractivity contribution in [1.29, 1.82) is 0 Å². The molecule has 0 spiro atoms. The number of amides is 1. The highest BCUT2D eigenvalue weighted by molar-refractivity contribution is 7.87. The Labute approximate surface area is 99.7 Å².